The van der Waals surface area contributed by atoms with E-state index in [1.165, 1.54) is 0 Å². The summed E-state index contributed by atoms with van der Waals surface area (Å²) in [7, 11) is 3.54. The van der Waals surface area contributed by atoms with Gasteiger partial charge < -0.3 is 15.5 Å². The second-order valence-electron chi connectivity index (χ2n) is 5.86. The third-order valence-corrected chi connectivity index (χ3v) is 4.14. The lowest BCUT2D eigenvalue weighted by molar-refractivity contribution is -0.120. The molecule has 0 saturated heterocycles. The van der Waals surface area contributed by atoms with E-state index in [-0.39, 0.29) is 11.8 Å². The number of rotatable bonds is 5. The molecule has 1 aliphatic carbocycles. The van der Waals surface area contributed by atoms with Crippen LogP contribution in [0.3, 0.4) is 0 Å². The fourth-order valence-electron chi connectivity index (χ4n) is 2.63. The minimum Gasteiger partial charge on any atom is -0.359 e. The molecule has 0 unspecified atom stereocenters. The highest BCUT2D eigenvalue weighted by Crippen LogP contribution is 2.39. The molecule has 0 aromatic carbocycles. The van der Waals surface area contributed by atoms with Crippen molar-refractivity contribution in [3.05, 3.63) is 17.1 Å². The topological polar surface area (TPSA) is 87.2 Å². The van der Waals surface area contributed by atoms with Gasteiger partial charge in [0.05, 0.1) is 0 Å². The Labute approximate surface area is 129 Å². The minimum atomic E-state index is -0.119. The number of nitrogens with one attached hydrogen (secondary N) is 2. The maximum atomic E-state index is 12.1. The summed E-state index contributed by atoms with van der Waals surface area (Å²) in [5.74, 6) is 1.82. The van der Waals surface area contributed by atoms with Crippen molar-refractivity contribution in [2.45, 2.75) is 31.6 Å². The van der Waals surface area contributed by atoms with Crippen LogP contribution in [0.5, 0.6) is 0 Å². The van der Waals surface area contributed by atoms with Gasteiger partial charge in [0.2, 0.25) is 5.91 Å². The second kappa shape index (κ2) is 5.90. The molecule has 1 aromatic rings. The monoisotopic (exact) mass is 303 g/mol. The Balaban J connectivity index is 1.91. The number of anilines is 1. The first-order valence-corrected chi connectivity index (χ1v) is 7.71. The number of carbonyl (C=O) groups excluding carboxylic acids is 2. The van der Waals surface area contributed by atoms with Crippen LogP contribution in [-0.2, 0) is 11.2 Å². The molecule has 7 heteroatoms. The first-order chi connectivity index (χ1) is 10.6. The highest BCUT2D eigenvalue weighted by Gasteiger charge is 2.32. The zero-order valence-electron chi connectivity index (χ0n) is 13.0. The number of hydrogen-bond acceptors (Lipinski definition) is 5. The Hall–Kier alpha value is -2.18. The summed E-state index contributed by atoms with van der Waals surface area (Å²) < 4.78 is 0. The van der Waals surface area contributed by atoms with Crippen LogP contribution in [0.2, 0.25) is 0 Å². The molecule has 0 bridgehead atoms. The predicted octanol–water partition coefficient (Wildman–Crippen LogP) is 0.212. The largest absolute Gasteiger partial charge is 0.359 e. The van der Waals surface area contributed by atoms with Gasteiger partial charge in [-0.05, 0) is 19.3 Å². The standard InChI is InChI=1S/C15H21N5O2/c1-16-11(21)6-8-20(2)14-10-5-7-17-15(22)12(10)18-13(19-14)9-3-4-9/h9H,3-8H2,1-2H3,(H,16,21)(H,17,22). The maximum absolute atomic E-state index is 12.1. The Kier molecular flexibility index (Phi) is 3.96. The van der Waals surface area contributed by atoms with Crippen LogP contribution in [0.15, 0.2) is 0 Å². The minimum absolute atomic E-state index is 0.00469. The molecule has 2 N–H and O–H groups in total. The Bertz CT molecular complexity index is 612. The number of fused-ring (bicyclic) bond motifs is 1. The molecule has 0 atom stereocenters. The van der Waals surface area contributed by atoms with Crippen molar-refractivity contribution in [3.63, 3.8) is 0 Å². The van der Waals surface area contributed by atoms with Gasteiger partial charge in [0.1, 0.15) is 17.3 Å². The molecular formula is C15H21N5O2. The quantitative estimate of drug-likeness (QED) is 0.812. The van der Waals surface area contributed by atoms with Crippen molar-refractivity contribution < 1.29 is 9.59 Å². The highest BCUT2D eigenvalue weighted by molar-refractivity contribution is 5.96. The second-order valence-corrected chi connectivity index (χ2v) is 5.86. The van der Waals surface area contributed by atoms with Crippen molar-refractivity contribution in [1.82, 2.24) is 20.6 Å². The van der Waals surface area contributed by atoms with Gasteiger partial charge in [-0.2, -0.15) is 0 Å². The molecule has 118 valence electrons. The van der Waals surface area contributed by atoms with Gasteiger partial charge in [-0.1, -0.05) is 0 Å². The maximum Gasteiger partial charge on any atom is 0.270 e. The molecule has 22 heavy (non-hydrogen) atoms. The third kappa shape index (κ3) is 2.88. The van der Waals surface area contributed by atoms with Gasteiger partial charge in [0, 0.05) is 45.1 Å². The molecule has 1 aromatic heterocycles. The lowest BCUT2D eigenvalue weighted by Gasteiger charge is -2.25. The smallest absolute Gasteiger partial charge is 0.270 e. The molecule has 3 rings (SSSR count). The zero-order chi connectivity index (χ0) is 15.7. The van der Waals surface area contributed by atoms with E-state index < -0.39 is 0 Å². The first-order valence-electron chi connectivity index (χ1n) is 7.71. The highest BCUT2D eigenvalue weighted by atomic mass is 16.2. The molecule has 2 amide bonds. The molecule has 7 nitrogen and oxygen atoms in total. The summed E-state index contributed by atoms with van der Waals surface area (Å²) in [5, 5.41) is 5.46. The predicted molar refractivity (Wildman–Crippen MR) is 82.0 cm³/mol. The van der Waals surface area contributed by atoms with Crippen molar-refractivity contribution in [2.24, 2.45) is 0 Å². The first kappa shape index (κ1) is 14.7. The van der Waals surface area contributed by atoms with Crippen LogP contribution >= 0.6 is 0 Å². The average molecular weight is 303 g/mol. The summed E-state index contributed by atoms with van der Waals surface area (Å²) in [6, 6.07) is 0. The van der Waals surface area contributed by atoms with Gasteiger partial charge >= 0.3 is 0 Å². The van der Waals surface area contributed by atoms with Crippen LogP contribution < -0.4 is 15.5 Å². The Morgan fingerprint density at radius 1 is 1.41 bits per heavy atom. The van der Waals surface area contributed by atoms with Crippen LogP contribution in [0, 0.1) is 0 Å². The van der Waals surface area contributed by atoms with Gasteiger partial charge in [-0.25, -0.2) is 9.97 Å². The van der Waals surface area contributed by atoms with Crippen LogP contribution in [0.25, 0.3) is 0 Å². The van der Waals surface area contributed by atoms with E-state index in [0.29, 0.717) is 31.1 Å². The molecule has 0 radical (unpaired) electrons. The van der Waals surface area contributed by atoms with Crippen molar-refractivity contribution in [1.29, 1.82) is 0 Å². The molecular weight excluding hydrogens is 282 g/mol. The van der Waals surface area contributed by atoms with E-state index in [9.17, 15) is 9.59 Å². The van der Waals surface area contributed by atoms with Crippen LogP contribution in [-0.4, -0.2) is 49.0 Å². The number of aromatic nitrogens is 2. The van der Waals surface area contributed by atoms with E-state index in [1.54, 1.807) is 7.05 Å². The third-order valence-electron chi connectivity index (χ3n) is 4.14. The number of nitrogens with zero attached hydrogens (tertiary/aromatic N) is 3. The summed E-state index contributed by atoms with van der Waals surface area (Å²) in [5.41, 5.74) is 1.40. The van der Waals surface area contributed by atoms with Crippen molar-refractivity contribution >= 4 is 17.6 Å². The van der Waals surface area contributed by atoms with E-state index in [0.717, 1.165) is 36.5 Å². The summed E-state index contributed by atoms with van der Waals surface area (Å²) in [6.07, 6.45) is 3.30. The van der Waals surface area contributed by atoms with Gasteiger partial charge in [-0.3, -0.25) is 9.59 Å². The number of carbonyl (C=O) groups is 2. The van der Waals surface area contributed by atoms with E-state index in [4.69, 9.17) is 0 Å². The lowest BCUT2D eigenvalue weighted by atomic mass is 10.1. The molecule has 0 spiro atoms. The van der Waals surface area contributed by atoms with Crippen LogP contribution in [0.1, 0.15) is 47.1 Å². The molecule has 2 heterocycles. The summed E-state index contributed by atoms with van der Waals surface area (Å²) in [6.45, 7) is 1.17. The van der Waals surface area contributed by atoms with Crippen LogP contribution in [0.4, 0.5) is 5.82 Å². The summed E-state index contributed by atoms with van der Waals surface area (Å²) >= 11 is 0. The molecule has 2 aliphatic rings. The summed E-state index contributed by atoms with van der Waals surface area (Å²) in [4.78, 5) is 34.7. The molecule has 1 fully saturated rings. The van der Waals surface area contributed by atoms with Crippen molar-refractivity contribution in [2.75, 3.05) is 32.1 Å². The average Bonchev–Trinajstić information content (AvgIpc) is 3.36. The zero-order valence-corrected chi connectivity index (χ0v) is 13.0. The molecule has 1 aliphatic heterocycles. The van der Waals surface area contributed by atoms with Gasteiger partial charge in [-0.15, -0.1) is 0 Å². The fourth-order valence-corrected chi connectivity index (χ4v) is 2.63. The fraction of sp³-hybridized carbons (Fsp3) is 0.600. The van der Waals surface area contributed by atoms with E-state index in [2.05, 4.69) is 20.6 Å². The SMILES string of the molecule is CNC(=O)CCN(C)c1nc(C2CC2)nc2c1CCNC2=O. The Morgan fingerprint density at radius 3 is 2.86 bits per heavy atom. The number of hydrogen-bond donors (Lipinski definition) is 2. The normalized spacial score (nSPS) is 16.7. The number of amides is 2. The lowest BCUT2D eigenvalue weighted by Crippen LogP contribution is -2.36. The molecule has 1 saturated carbocycles. The van der Waals surface area contributed by atoms with E-state index >= 15 is 0 Å². The van der Waals surface area contributed by atoms with E-state index in [1.807, 2.05) is 11.9 Å². The van der Waals surface area contributed by atoms with Gasteiger partial charge in [0.25, 0.3) is 5.91 Å². The van der Waals surface area contributed by atoms with Gasteiger partial charge in [0.15, 0.2) is 0 Å². The Morgan fingerprint density at radius 2 is 2.18 bits per heavy atom. The van der Waals surface area contributed by atoms with Crippen molar-refractivity contribution in [3.8, 4) is 0 Å².